The highest BCUT2D eigenvalue weighted by molar-refractivity contribution is 7.89. The Hall–Kier alpha value is -0.810. The SMILES string of the molecule is Cc1c[nH]c2c1CN(S(=O)(=O)C(C)C)CCC2. The summed E-state index contributed by atoms with van der Waals surface area (Å²) in [4.78, 5) is 3.25. The molecule has 0 radical (unpaired) electrons. The van der Waals surface area contributed by atoms with Crippen LogP contribution in [0.5, 0.6) is 0 Å². The average molecular weight is 256 g/mol. The van der Waals surface area contributed by atoms with Crippen LogP contribution < -0.4 is 0 Å². The van der Waals surface area contributed by atoms with Gasteiger partial charge in [-0.1, -0.05) is 0 Å². The molecular weight excluding hydrogens is 236 g/mol. The normalized spacial score (nSPS) is 18.1. The smallest absolute Gasteiger partial charge is 0.216 e. The summed E-state index contributed by atoms with van der Waals surface area (Å²) in [7, 11) is -3.14. The van der Waals surface area contributed by atoms with Gasteiger partial charge in [0.2, 0.25) is 10.0 Å². The lowest BCUT2D eigenvalue weighted by Crippen LogP contribution is -2.36. The third-order valence-electron chi connectivity index (χ3n) is 3.43. The summed E-state index contributed by atoms with van der Waals surface area (Å²) in [5.74, 6) is 0. The van der Waals surface area contributed by atoms with Gasteiger partial charge in [-0.15, -0.1) is 0 Å². The van der Waals surface area contributed by atoms with Crippen LogP contribution in [0, 0.1) is 6.92 Å². The molecule has 0 amide bonds. The predicted molar refractivity (Wildman–Crippen MR) is 68.3 cm³/mol. The van der Waals surface area contributed by atoms with Gasteiger partial charge < -0.3 is 4.98 Å². The highest BCUT2D eigenvalue weighted by atomic mass is 32.2. The summed E-state index contributed by atoms with van der Waals surface area (Å²) >= 11 is 0. The fourth-order valence-electron chi connectivity index (χ4n) is 2.25. The lowest BCUT2D eigenvalue weighted by atomic mass is 10.1. The fourth-order valence-corrected chi connectivity index (χ4v) is 3.54. The van der Waals surface area contributed by atoms with Gasteiger partial charge in [0.1, 0.15) is 0 Å². The minimum absolute atomic E-state index is 0.344. The molecule has 2 heterocycles. The molecule has 1 aromatic heterocycles. The minimum atomic E-state index is -3.14. The molecule has 5 heteroatoms. The van der Waals surface area contributed by atoms with Crippen molar-refractivity contribution >= 4 is 10.0 Å². The van der Waals surface area contributed by atoms with Crippen molar-refractivity contribution in [1.82, 2.24) is 9.29 Å². The van der Waals surface area contributed by atoms with Crippen LogP contribution in [0.1, 0.15) is 37.1 Å². The van der Waals surface area contributed by atoms with Crippen molar-refractivity contribution in [3.8, 4) is 0 Å². The number of aromatic amines is 1. The van der Waals surface area contributed by atoms with Gasteiger partial charge in [-0.3, -0.25) is 0 Å². The first kappa shape index (κ1) is 12.6. The highest BCUT2D eigenvalue weighted by Crippen LogP contribution is 2.24. The Morgan fingerprint density at radius 1 is 1.41 bits per heavy atom. The number of hydrogen-bond acceptors (Lipinski definition) is 2. The van der Waals surface area contributed by atoms with Crippen molar-refractivity contribution in [3.63, 3.8) is 0 Å². The molecule has 0 aliphatic carbocycles. The number of aromatic nitrogens is 1. The Morgan fingerprint density at radius 2 is 2.12 bits per heavy atom. The van der Waals surface area contributed by atoms with E-state index in [2.05, 4.69) is 4.98 Å². The first-order chi connectivity index (χ1) is 7.93. The third kappa shape index (κ3) is 2.26. The molecule has 0 saturated carbocycles. The maximum Gasteiger partial charge on any atom is 0.216 e. The maximum atomic E-state index is 12.2. The quantitative estimate of drug-likeness (QED) is 0.877. The standard InChI is InChI=1S/C12H20N2O2S/c1-9(2)17(15,16)14-6-4-5-12-11(8-14)10(3)7-13-12/h7,9,13H,4-6,8H2,1-3H3. The molecule has 1 aliphatic heterocycles. The van der Waals surface area contributed by atoms with Crippen LogP contribution in [-0.4, -0.2) is 29.5 Å². The molecule has 1 N–H and O–H groups in total. The van der Waals surface area contributed by atoms with Crippen molar-refractivity contribution in [1.29, 1.82) is 0 Å². The zero-order valence-electron chi connectivity index (χ0n) is 10.7. The van der Waals surface area contributed by atoms with Crippen molar-refractivity contribution in [2.24, 2.45) is 0 Å². The molecule has 2 rings (SSSR count). The Kier molecular flexibility index (Phi) is 3.32. The van der Waals surface area contributed by atoms with E-state index in [-0.39, 0.29) is 5.25 Å². The van der Waals surface area contributed by atoms with Crippen molar-refractivity contribution in [3.05, 3.63) is 23.0 Å². The van der Waals surface area contributed by atoms with Gasteiger partial charge in [0.15, 0.2) is 0 Å². The fraction of sp³-hybridized carbons (Fsp3) is 0.667. The molecule has 96 valence electrons. The van der Waals surface area contributed by atoms with Gasteiger partial charge in [0.05, 0.1) is 5.25 Å². The summed E-state index contributed by atoms with van der Waals surface area (Å²) in [6.45, 7) is 6.66. The average Bonchev–Trinajstić information content (AvgIpc) is 2.51. The summed E-state index contributed by atoms with van der Waals surface area (Å²) in [6.07, 6.45) is 3.79. The van der Waals surface area contributed by atoms with Gasteiger partial charge in [-0.05, 0) is 44.7 Å². The van der Waals surface area contributed by atoms with Crippen LogP contribution in [0.4, 0.5) is 0 Å². The summed E-state index contributed by atoms with van der Waals surface area (Å²) in [6, 6.07) is 0. The Labute approximate surface area is 103 Å². The van der Waals surface area contributed by atoms with Crippen LogP contribution in [0.3, 0.4) is 0 Å². The first-order valence-electron chi connectivity index (χ1n) is 6.07. The maximum absolute atomic E-state index is 12.2. The molecule has 1 aliphatic rings. The second-order valence-electron chi connectivity index (χ2n) is 4.96. The van der Waals surface area contributed by atoms with Crippen molar-refractivity contribution in [2.75, 3.05) is 6.54 Å². The van der Waals surface area contributed by atoms with E-state index in [9.17, 15) is 8.42 Å². The van der Waals surface area contributed by atoms with E-state index in [1.807, 2.05) is 13.1 Å². The highest BCUT2D eigenvalue weighted by Gasteiger charge is 2.28. The van der Waals surface area contributed by atoms with E-state index in [4.69, 9.17) is 0 Å². The molecule has 0 aromatic carbocycles. The zero-order valence-corrected chi connectivity index (χ0v) is 11.5. The molecular formula is C12H20N2O2S. The second kappa shape index (κ2) is 4.46. The molecule has 0 saturated heterocycles. The number of aryl methyl sites for hydroxylation is 2. The number of H-pyrrole nitrogens is 1. The van der Waals surface area contributed by atoms with Crippen molar-refractivity contribution in [2.45, 2.75) is 45.4 Å². The summed E-state index contributed by atoms with van der Waals surface area (Å²) in [5.41, 5.74) is 3.52. The van der Waals surface area contributed by atoms with E-state index >= 15 is 0 Å². The van der Waals surface area contributed by atoms with Crippen LogP contribution in [0.25, 0.3) is 0 Å². The molecule has 17 heavy (non-hydrogen) atoms. The van der Waals surface area contributed by atoms with E-state index in [1.54, 1.807) is 18.2 Å². The number of nitrogens with one attached hydrogen (secondary N) is 1. The lowest BCUT2D eigenvalue weighted by Gasteiger charge is -2.22. The van der Waals surface area contributed by atoms with E-state index in [0.29, 0.717) is 13.1 Å². The number of fused-ring (bicyclic) bond motifs is 1. The van der Waals surface area contributed by atoms with Crippen LogP contribution in [-0.2, 0) is 23.0 Å². The van der Waals surface area contributed by atoms with Crippen LogP contribution >= 0.6 is 0 Å². The number of sulfonamides is 1. The number of hydrogen-bond donors (Lipinski definition) is 1. The Morgan fingerprint density at radius 3 is 2.76 bits per heavy atom. The van der Waals surface area contributed by atoms with Gasteiger partial charge in [0.25, 0.3) is 0 Å². The van der Waals surface area contributed by atoms with E-state index < -0.39 is 10.0 Å². The molecule has 0 spiro atoms. The number of nitrogens with zero attached hydrogens (tertiary/aromatic N) is 1. The molecule has 4 nitrogen and oxygen atoms in total. The summed E-state index contributed by atoms with van der Waals surface area (Å²) < 4.78 is 26.0. The number of rotatable bonds is 2. The minimum Gasteiger partial charge on any atom is -0.364 e. The molecule has 1 aromatic rings. The zero-order chi connectivity index (χ0) is 12.6. The molecule has 0 fully saturated rings. The van der Waals surface area contributed by atoms with E-state index in [1.165, 1.54) is 5.69 Å². The lowest BCUT2D eigenvalue weighted by molar-refractivity contribution is 0.404. The van der Waals surface area contributed by atoms with Gasteiger partial charge in [0, 0.05) is 25.0 Å². The van der Waals surface area contributed by atoms with Crippen molar-refractivity contribution < 1.29 is 8.42 Å². The Bertz CT molecular complexity index is 503. The first-order valence-corrected chi connectivity index (χ1v) is 7.58. The molecule has 0 bridgehead atoms. The Balaban J connectivity index is 2.33. The van der Waals surface area contributed by atoms with E-state index in [0.717, 1.165) is 24.0 Å². The monoisotopic (exact) mass is 256 g/mol. The molecule has 0 unspecified atom stereocenters. The van der Waals surface area contributed by atoms with Crippen LogP contribution in [0.2, 0.25) is 0 Å². The summed E-state index contributed by atoms with van der Waals surface area (Å²) in [5, 5.41) is -0.344. The topological polar surface area (TPSA) is 53.2 Å². The van der Waals surface area contributed by atoms with Crippen LogP contribution in [0.15, 0.2) is 6.20 Å². The van der Waals surface area contributed by atoms with Gasteiger partial charge in [-0.25, -0.2) is 8.42 Å². The van der Waals surface area contributed by atoms with Gasteiger partial charge in [-0.2, -0.15) is 4.31 Å². The molecule has 0 atom stereocenters. The van der Waals surface area contributed by atoms with Gasteiger partial charge >= 0.3 is 0 Å². The largest absolute Gasteiger partial charge is 0.364 e. The predicted octanol–water partition coefficient (Wildman–Crippen LogP) is 1.81. The third-order valence-corrected chi connectivity index (χ3v) is 5.65. The second-order valence-corrected chi connectivity index (χ2v) is 7.45.